The summed E-state index contributed by atoms with van der Waals surface area (Å²) in [5, 5.41) is 2.83. The first-order valence-electron chi connectivity index (χ1n) is 6.62. The van der Waals surface area contributed by atoms with Gasteiger partial charge in [-0.3, -0.25) is 4.79 Å². The van der Waals surface area contributed by atoms with E-state index < -0.39 is 5.82 Å². The lowest BCUT2D eigenvalue weighted by Crippen LogP contribution is -2.39. The molecule has 0 aromatic heterocycles. The molecule has 0 aliphatic carbocycles. The van der Waals surface area contributed by atoms with Crippen LogP contribution in [-0.2, 0) is 4.74 Å². The summed E-state index contributed by atoms with van der Waals surface area (Å²) >= 11 is 0. The number of hydrogen-bond donors (Lipinski definition) is 1. The Kier molecular flexibility index (Phi) is 4.20. The monoisotopic (exact) mass is 265 g/mol. The fourth-order valence-corrected chi connectivity index (χ4v) is 2.23. The minimum absolute atomic E-state index is 0.0507. The zero-order chi connectivity index (χ0) is 13.9. The fraction of sp³-hybridized carbons (Fsp3) is 0.533. The molecule has 3 nitrogen and oxygen atoms in total. The average Bonchev–Trinajstić information content (AvgIpc) is 2.37. The van der Waals surface area contributed by atoms with Gasteiger partial charge in [-0.2, -0.15) is 0 Å². The largest absolute Gasteiger partial charge is 0.381 e. The molecule has 1 aliphatic heterocycles. The molecule has 0 spiro atoms. The fourth-order valence-electron chi connectivity index (χ4n) is 2.23. The zero-order valence-electron chi connectivity index (χ0n) is 11.5. The van der Waals surface area contributed by atoms with Crippen molar-refractivity contribution in [1.82, 2.24) is 5.32 Å². The number of hydrogen-bond acceptors (Lipinski definition) is 2. The van der Waals surface area contributed by atoms with Crippen LogP contribution in [0.15, 0.2) is 18.2 Å². The molecule has 1 saturated heterocycles. The van der Waals surface area contributed by atoms with E-state index in [1.54, 1.807) is 13.0 Å². The SMILES string of the molecule is Cc1ccc(C(=O)NCC2(C)CCOCC2)c(F)c1. The number of nitrogens with one attached hydrogen (secondary N) is 1. The first-order chi connectivity index (χ1) is 9.00. The van der Waals surface area contributed by atoms with Crippen LogP contribution in [0.3, 0.4) is 0 Å². The average molecular weight is 265 g/mol. The van der Waals surface area contributed by atoms with Crippen LogP contribution in [0.25, 0.3) is 0 Å². The first-order valence-corrected chi connectivity index (χ1v) is 6.62. The van der Waals surface area contributed by atoms with E-state index in [4.69, 9.17) is 4.74 Å². The predicted molar refractivity (Wildman–Crippen MR) is 71.6 cm³/mol. The Labute approximate surface area is 113 Å². The Bertz CT molecular complexity index is 467. The van der Waals surface area contributed by atoms with Gasteiger partial charge in [-0.1, -0.05) is 13.0 Å². The maximum absolute atomic E-state index is 13.7. The number of amides is 1. The minimum atomic E-state index is -0.463. The highest BCUT2D eigenvalue weighted by atomic mass is 19.1. The molecule has 0 radical (unpaired) electrons. The number of carbonyl (C=O) groups is 1. The molecule has 0 saturated carbocycles. The van der Waals surface area contributed by atoms with Crippen molar-refractivity contribution in [1.29, 1.82) is 0 Å². The lowest BCUT2D eigenvalue weighted by atomic mass is 9.82. The molecule has 0 unspecified atom stereocenters. The molecule has 1 heterocycles. The number of rotatable bonds is 3. The van der Waals surface area contributed by atoms with E-state index in [1.807, 2.05) is 0 Å². The molecule has 1 aromatic carbocycles. The van der Waals surface area contributed by atoms with Gasteiger partial charge in [0, 0.05) is 19.8 Å². The normalized spacial score (nSPS) is 18.1. The first kappa shape index (κ1) is 14.0. The van der Waals surface area contributed by atoms with Gasteiger partial charge in [0.1, 0.15) is 5.82 Å². The van der Waals surface area contributed by atoms with Crippen molar-refractivity contribution >= 4 is 5.91 Å². The number of halogens is 1. The Hall–Kier alpha value is -1.42. The van der Waals surface area contributed by atoms with Gasteiger partial charge in [-0.25, -0.2) is 4.39 Å². The van der Waals surface area contributed by atoms with Crippen molar-refractivity contribution in [3.05, 3.63) is 35.1 Å². The molecule has 19 heavy (non-hydrogen) atoms. The molecule has 104 valence electrons. The van der Waals surface area contributed by atoms with Crippen molar-refractivity contribution in [2.24, 2.45) is 5.41 Å². The third-order valence-electron chi connectivity index (χ3n) is 3.74. The van der Waals surface area contributed by atoms with Crippen molar-refractivity contribution in [2.75, 3.05) is 19.8 Å². The molecule has 1 N–H and O–H groups in total. The Morgan fingerprint density at radius 2 is 2.11 bits per heavy atom. The maximum Gasteiger partial charge on any atom is 0.254 e. The lowest BCUT2D eigenvalue weighted by Gasteiger charge is -2.33. The van der Waals surface area contributed by atoms with E-state index >= 15 is 0 Å². The third kappa shape index (κ3) is 3.53. The van der Waals surface area contributed by atoms with Crippen LogP contribution in [0.4, 0.5) is 4.39 Å². The minimum Gasteiger partial charge on any atom is -0.381 e. The van der Waals surface area contributed by atoms with Crippen LogP contribution in [0.5, 0.6) is 0 Å². The molecule has 1 aliphatic rings. The van der Waals surface area contributed by atoms with E-state index in [0.717, 1.165) is 31.6 Å². The number of carbonyl (C=O) groups excluding carboxylic acids is 1. The van der Waals surface area contributed by atoms with E-state index in [1.165, 1.54) is 12.1 Å². The van der Waals surface area contributed by atoms with E-state index in [9.17, 15) is 9.18 Å². The van der Waals surface area contributed by atoms with Crippen molar-refractivity contribution in [3.63, 3.8) is 0 Å². The molecular formula is C15H20FNO2. The van der Waals surface area contributed by atoms with Crippen molar-refractivity contribution < 1.29 is 13.9 Å². The second kappa shape index (κ2) is 5.70. The summed E-state index contributed by atoms with van der Waals surface area (Å²) < 4.78 is 19.0. The second-order valence-electron chi connectivity index (χ2n) is 5.59. The smallest absolute Gasteiger partial charge is 0.254 e. The maximum atomic E-state index is 13.7. The highest BCUT2D eigenvalue weighted by molar-refractivity contribution is 5.94. The highest BCUT2D eigenvalue weighted by Gasteiger charge is 2.28. The van der Waals surface area contributed by atoms with Gasteiger partial charge in [-0.15, -0.1) is 0 Å². The number of ether oxygens (including phenoxy) is 1. The van der Waals surface area contributed by atoms with Gasteiger partial charge < -0.3 is 10.1 Å². The van der Waals surface area contributed by atoms with Gasteiger partial charge >= 0.3 is 0 Å². The molecule has 1 amide bonds. The van der Waals surface area contributed by atoms with Crippen LogP contribution >= 0.6 is 0 Å². The van der Waals surface area contributed by atoms with Gasteiger partial charge in [0.25, 0.3) is 5.91 Å². The molecule has 1 aromatic rings. The molecule has 4 heteroatoms. The summed E-state index contributed by atoms with van der Waals surface area (Å²) in [6, 6.07) is 4.66. The van der Waals surface area contributed by atoms with Crippen LogP contribution in [0, 0.1) is 18.2 Å². The Balaban J connectivity index is 1.97. The highest BCUT2D eigenvalue weighted by Crippen LogP contribution is 2.28. The van der Waals surface area contributed by atoms with Gasteiger partial charge in [0.2, 0.25) is 0 Å². The van der Waals surface area contributed by atoms with E-state index in [0.29, 0.717) is 6.54 Å². The summed E-state index contributed by atoms with van der Waals surface area (Å²) in [6.07, 6.45) is 1.84. The predicted octanol–water partition coefficient (Wildman–Crippen LogP) is 2.68. The standard InChI is InChI=1S/C15H20FNO2/c1-11-3-4-12(13(16)9-11)14(18)17-10-15(2)5-7-19-8-6-15/h3-4,9H,5-8,10H2,1-2H3,(H,17,18). The van der Waals surface area contributed by atoms with Crippen molar-refractivity contribution in [3.8, 4) is 0 Å². The summed E-state index contributed by atoms with van der Waals surface area (Å²) in [6.45, 7) is 5.94. The summed E-state index contributed by atoms with van der Waals surface area (Å²) in [5.41, 5.74) is 0.974. The van der Waals surface area contributed by atoms with Gasteiger partial charge in [-0.05, 0) is 42.9 Å². The summed E-state index contributed by atoms with van der Waals surface area (Å²) in [7, 11) is 0. The Morgan fingerprint density at radius 3 is 2.74 bits per heavy atom. The van der Waals surface area contributed by atoms with Crippen LogP contribution < -0.4 is 5.32 Å². The van der Waals surface area contributed by atoms with Crippen LogP contribution in [0.1, 0.15) is 35.7 Å². The molecular weight excluding hydrogens is 245 g/mol. The summed E-state index contributed by atoms with van der Waals surface area (Å²) in [4.78, 5) is 12.0. The molecule has 1 fully saturated rings. The number of benzene rings is 1. The van der Waals surface area contributed by atoms with Crippen molar-refractivity contribution in [2.45, 2.75) is 26.7 Å². The number of aryl methyl sites for hydroxylation is 1. The quantitative estimate of drug-likeness (QED) is 0.912. The molecule has 0 atom stereocenters. The lowest BCUT2D eigenvalue weighted by molar-refractivity contribution is 0.0238. The van der Waals surface area contributed by atoms with E-state index in [-0.39, 0.29) is 16.9 Å². The van der Waals surface area contributed by atoms with Crippen LogP contribution in [0.2, 0.25) is 0 Å². The van der Waals surface area contributed by atoms with E-state index in [2.05, 4.69) is 12.2 Å². The van der Waals surface area contributed by atoms with Gasteiger partial charge in [0.15, 0.2) is 0 Å². The summed E-state index contributed by atoms with van der Waals surface area (Å²) in [5.74, 6) is -0.806. The Morgan fingerprint density at radius 1 is 1.42 bits per heavy atom. The topological polar surface area (TPSA) is 38.3 Å². The second-order valence-corrected chi connectivity index (χ2v) is 5.59. The van der Waals surface area contributed by atoms with Crippen LogP contribution in [-0.4, -0.2) is 25.7 Å². The molecule has 0 bridgehead atoms. The zero-order valence-corrected chi connectivity index (χ0v) is 11.5. The van der Waals surface area contributed by atoms with Gasteiger partial charge in [0.05, 0.1) is 5.56 Å². The molecule has 2 rings (SSSR count). The third-order valence-corrected chi connectivity index (χ3v) is 3.74.